The lowest BCUT2D eigenvalue weighted by Crippen LogP contribution is -2.47. The zero-order chi connectivity index (χ0) is 27.3. The Morgan fingerprint density at radius 3 is 2.61 bits per heavy atom. The first-order chi connectivity index (χ1) is 18.5. The maximum absolute atomic E-state index is 12.2. The number of carbonyl (C=O) groups is 1. The second-order valence-electron chi connectivity index (χ2n) is 8.55. The molecule has 2 aromatic carbocycles. The third-order valence-electron chi connectivity index (χ3n) is 5.94. The highest BCUT2D eigenvalue weighted by Crippen LogP contribution is 2.37. The average molecular weight is 521 g/mol. The summed E-state index contributed by atoms with van der Waals surface area (Å²) in [6.45, 7) is 13.3. The highest BCUT2D eigenvalue weighted by Gasteiger charge is 2.21. The maximum Gasteiger partial charge on any atom is 0.247 e. The number of piperazine rings is 1. The second-order valence-corrected chi connectivity index (χ2v) is 8.55. The molecule has 38 heavy (non-hydrogen) atoms. The summed E-state index contributed by atoms with van der Waals surface area (Å²) in [5.74, 6) is 0.636. The Labute approximate surface area is 223 Å². The molecule has 3 rings (SSSR count). The monoisotopic (exact) mass is 520 g/mol. The second kappa shape index (κ2) is 14.5. The van der Waals surface area contributed by atoms with E-state index >= 15 is 0 Å². The van der Waals surface area contributed by atoms with Gasteiger partial charge in [0.25, 0.3) is 0 Å². The van der Waals surface area contributed by atoms with E-state index in [2.05, 4.69) is 54.0 Å². The molecule has 1 fully saturated rings. The largest absolute Gasteiger partial charge is 0.495 e. The number of aliphatic hydroxyl groups is 1. The number of aliphatic hydroxyl groups excluding tert-OH is 1. The van der Waals surface area contributed by atoms with Gasteiger partial charge >= 0.3 is 0 Å². The van der Waals surface area contributed by atoms with Gasteiger partial charge in [0.05, 0.1) is 30.8 Å². The Balaban J connectivity index is 1.72. The minimum Gasteiger partial charge on any atom is -0.495 e. The molecule has 11 nitrogen and oxygen atoms in total. The van der Waals surface area contributed by atoms with Crippen LogP contribution in [-0.4, -0.2) is 88.0 Å². The molecule has 1 saturated heterocycles. The third kappa shape index (κ3) is 8.15. The molecule has 0 spiro atoms. The molecule has 0 saturated carbocycles. The molecular formula is C27H36N8O3. The Hall–Kier alpha value is -4.22. The van der Waals surface area contributed by atoms with Crippen molar-refractivity contribution >= 4 is 47.7 Å². The number of amides is 1. The van der Waals surface area contributed by atoms with Crippen LogP contribution >= 0.6 is 0 Å². The molecule has 2 aromatic rings. The van der Waals surface area contributed by atoms with Gasteiger partial charge in [0.15, 0.2) is 0 Å². The van der Waals surface area contributed by atoms with Crippen LogP contribution in [0.15, 0.2) is 64.0 Å². The molecule has 0 aliphatic carbocycles. The third-order valence-corrected chi connectivity index (χ3v) is 5.94. The van der Waals surface area contributed by atoms with E-state index in [0.29, 0.717) is 29.6 Å². The van der Waals surface area contributed by atoms with E-state index < -0.39 is 0 Å². The van der Waals surface area contributed by atoms with Crippen molar-refractivity contribution in [1.29, 1.82) is 0 Å². The molecule has 1 aliphatic heterocycles. The normalized spacial score (nSPS) is 14.3. The minimum atomic E-state index is -0.306. The average Bonchev–Trinajstić information content (AvgIpc) is 2.93. The number of nitrogens with zero attached hydrogens (tertiary/aromatic N) is 5. The first-order valence-electron chi connectivity index (χ1n) is 12.3. The summed E-state index contributed by atoms with van der Waals surface area (Å²) in [6.07, 6.45) is 2.63. The Morgan fingerprint density at radius 2 is 1.95 bits per heavy atom. The number of benzene rings is 2. The van der Waals surface area contributed by atoms with E-state index in [-0.39, 0.29) is 19.2 Å². The highest BCUT2D eigenvalue weighted by atomic mass is 16.5. The maximum atomic E-state index is 12.2. The van der Waals surface area contributed by atoms with Crippen LogP contribution in [0.3, 0.4) is 0 Å². The van der Waals surface area contributed by atoms with Crippen molar-refractivity contribution in [3.63, 3.8) is 0 Å². The molecule has 0 bridgehead atoms. The minimum absolute atomic E-state index is 0.136. The van der Waals surface area contributed by atoms with Gasteiger partial charge in [0, 0.05) is 44.5 Å². The van der Waals surface area contributed by atoms with Gasteiger partial charge in [-0.25, -0.2) is 9.98 Å². The predicted molar refractivity (Wildman–Crippen MR) is 156 cm³/mol. The van der Waals surface area contributed by atoms with Crippen molar-refractivity contribution in [2.24, 2.45) is 15.0 Å². The molecule has 4 N–H and O–H groups in total. The summed E-state index contributed by atoms with van der Waals surface area (Å²) in [4.78, 5) is 29.0. The molecule has 0 radical (unpaired) electrons. The molecule has 11 heteroatoms. The molecular weight excluding hydrogens is 484 g/mol. The van der Waals surface area contributed by atoms with Crippen molar-refractivity contribution in [3.05, 3.63) is 54.6 Å². The van der Waals surface area contributed by atoms with Gasteiger partial charge in [0.2, 0.25) is 11.9 Å². The van der Waals surface area contributed by atoms with E-state index in [1.54, 1.807) is 7.11 Å². The van der Waals surface area contributed by atoms with E-state index in [9.17, 15) is 9.90 Å². The van der Waals surface area contributed by atoms with Crippen molar-refractivity contribution < 1.29 is 14.6 Å². The van der Waals surface area contributed by atoms with E-state index in [0.717, 1.165) is 43.1 Å². The zero-order valence-corrected chi connectivity index (χ0v) is 22.0. The number of rotatable bonds is 11. The van der Waals surface area contributed by atoms with Gasteiger partial charge in [-0.3, -0.25) is 14.7 Å². The summed E-state index contributed by atoms with van der Waals surface area (Å²) in [7, 11) is 1.60. The molecule has 0 unspecified atom stereocenters. The zero-order valence-electron chi connectivity index (χ0n) is 22.0. The Bertz CT molecular complexity index is 1170. The van der Waals surface area contributed by atoms with Crippen molar-refractivity contribution in [2.75, 3.05) is 74.0 Å². The van der Waals surface area contributed by atoms with Crippen LogP contribution in [0.2, 0.25) is 0 Å². The predicted octanol–water partition coefficient (Wildman–Crippen LogP) is 2.81. The molecule has 1 aliphatic rings. The standard InChI is InChI=1S/C27H36N8O3/c1-5-26(37)33-22-16-23(25(38-4)17-24(22)35-11-9-34(10-12-35)13-14-36)30-18-29-19-31-27(28-3)32-21-8-6-7-20(2)15-21/h5-8,15-17,19,30,36H,1,3,9-14,18H2,2,4H3,(H,33,37)(H,29,31,32). The van der Waals surface area contributed by atoms with Crippen molar-refractivity contribution in [1.82, 2.24) is 4.90 Å². The van der Waals surface area contributed by atoms with E-state index in [1.807, 2.05) is 43.3 Å². The van der Waals surface area contributed by atoms with Crippen molar-refractivity contribution in [3.8, 4) is 5.75 Å². The fourth-order valence-corrected chi connectivity index (χ4v) is 4.01. The molecule has 202 valence electrons. The van der Waals surface area contributed by atoms with E-state index in [1.165, 1.54) is 12.4 Å². The number of β-amino-alcohol motifs (C(OH)–C–C–N with tert-alkyl or cyclic N) is 1. The first kappa shape index (κ1) is 28.4. The topological polar surface area (TPSA) is 126 Å². The number of anilines is 4. The quantitative estimate of drug-likeness (QED) is 0.204. The number of methoxy groups -OCH3 is 1. The molecule has 1 amide bonds. The Kier molecular flexibility index (Phi) is 10.8. The van der Waals surface area contributed by atoms with Gasteiger partial charge in [0.1, 0.15) is 18.8 Å². The molecule has 0 atom stereocenters. The van der Waals surface area contributed by atoms with Crippen LogP contribution in [0, 0.1) is 6.92 Å². The summed E-state index contributed by atoms with van der Waals surface area (Å²) in [5.41, 5.74) is 4.12. The highest BCUT2D eigenvalue weighted by molar-refractivity contribution is 6.02. The Morgan fingerprint density at radius 1 is 1.16 bits per heavy atom. The smallest absolute Gasteiger partial charge is 0.247 e. The van der Waals surface area contributed by atoms with Crippen LogP contribution in [0.4, 0.5) is 22.7 Å². The van der Waals surface area contributed by atoms with Crippen LogP contribution in [0.1, 0.15) is 5.56 Å². The first-order valence-corrected chi connectivity index (χ1v) is 12.3. The number of nitrogens with one attached hydrogen (secondary N) is 3. The number of guanidine groups is 1. The van der Waals surface area contributed by atoms with Crippen LogP contribution in [0.5, 0.6) is 5.75 Å². The number of carbonyl (C=O) groups excluding carboxylic acids is 1. The number of aryl methyl sites for hydroxylation is 1. The fraction of sp³-hybridized carbons (Fsp3) is 0.333. The van der Waals surface area contributed by atoms with Crippen LogP contribution in [0.25, 0.3) is 0 Å². The summed E-state index contributed by atoms with van der Waals surface area (Å²) in [5, 5.41) is 18.4. The van der Waals surface area contributed by atoms with Crippen LogP contribution < -0.4 is 25.6 Å². The molecule has 1 heterocycles. The summed E-state index contributed by atoms with van der Waals surface area (Å²) in [6, 6.07) is 11.6. The summed E-state index contributed by atoms with van der Waals surface area (Å²) >= 11 is 0. The number of hydrogen-bond acceptors (Lipinski definition) is 7. The van der Waals surface area contributed by atoms with Gasteiger partial charge in [-0.05, 0) is 43.5 Å². The molecule has 0 aromatic heterocycles. The van der Waals surface area contributed by atoms with Gasteiger partial charge in [-0.1, -0.05) is 18.7 Å². The van der Waals surface area contributed by atoms with E-state index in [4.69, 9.17) is 4.74 Å². The van der Waals surface area contributed by atoms with Gasteiger partial charge < -0.3 is 30.7 Å². The van der Waals surface area contributed by atoms with Gasteiger partial charge in [-0.15, -0.1) is 0 Å². The van der Waals surface area contributed by atoms with Crippen LogP contribution in [-0.2, 0) is 4.79 Å². The fourth-order valence-electron chi connectivity index (χ4n) is 4.01. The number of aliphatic imine (C=N–C) groups is 3. The number of hydrogen-bond donors (Lipinski definition) is 4. The van der Waals surface area contributed by atoms with Gasteiger partial charge in [-0.2, -0.15) is 0 Å². The summed E-state index contributed by atoms with van der Waals surface area (Å²) < 4.78 is 5.63. The lowest BCUT2D eigenvalue weighted by atomic mass is 10.1. The SMILES string of the molecule is C=CC(=O)Nc1cc(NC/N=C\N=C(N=C)Nc2cccc(C)c2)c(OC)cc1N1CCN(CCO)CC1. The lowest BCUT2D eigenvalue weighted by molar-refractivity contribution is -0.111. The lowest BCUT2D eigenvalue weighted by Gasteiger charge is -2.37. The number of ether oxygens (including phenoxy) is 1. The van der Waals surface area contributed by atoms with Crippen molar-refractivity contribution in [2.45, 2.75) is 6.92 Å².